The monoisotopic (exact) mass is 564 g/mol. The predicted molar refractivity (Wildman–Crippen MR) is 183 cm³/mol. The van der Waals surface area contributed by atoms with Crippen LogP contribution >= 0.6 is 0 Å². The van der Waals surface area contributed by atoms with Gasteiger partial charge in [0, 0.05) is 22.8 Å². The van der Waals surface area contributed by atoms with Crippen molar-refractivity contribution in [3.8, 4) is 33.4 Å². The van der Waals surface area contributed by atoms with E-state index in [-0.39, 0.29) is 0 Å². The summed E-state index contributed by atoms with van der Waals surface area (Å²) in [7, 11) is 0. The Balaban J connectivity index is 1.22. The Morgan fingerprint density at radius 3 is 1.61 bits per heavy atom. The first-order valence-corrected chi connectivity index (χ1v) is 14.8. The third-order valence-corrected chi connectivity index (χ3v) is 8.12. The van der Waals surface area contributed by atoms with E-state index < -0.39 is 0 Å². The lowest BCUT2D eigenvalue weighted by molar-refractivity contribution is 0.668. The number of furan rings is 1. The summed E-state index contributed by atoms with van der Waals surface area (Å²) < 4.78 is 6.24. The van der Waals surface area contributed by atoms with Crippen LogP contribution in [0, 0.1) is 0 Å². The molecule has 0 amide bonds. The zero-order valence-electron chi connectivity index (χ0n) is 24.0. The van der Waals surface area contributed by atoms with E-state index in [2.05, 4.69) is 138 Å². The Hall–Kier alpha value is -5.93. The summed E-state index contributed by atoms with van der Waals surface area (Å²) in [6, 6.07) is 57.2. The number of nitrogens with zero attached hydrogens (tertiary/aromatic N) is 2. The third-order valence-electron chi connectivity index (χ3n) is 8.12. The molecule has 0 aliphatic heterocycles. The first-order chi connectivity index (χ1) is 21.8. The van der Waals surface area contributed by atoms with Crippen molar-refractivity contribution in [1.29, 1.82) is 0 Å². The van der Waals surface area contributed by atoms with Gasteiger partial charge in [-0.25, -0.2) is 4.98 Å². The molecule has 0 atom stereocenters. The molecule has 0 radical (unpaired) electrons. The van der Waals surface area contributed by atoms with Crippen LogP contribution in [0.1, 0.15) is 0 Å². The van der Waals surface area contributed by atoms with E-state index in [9.17, 15) is 0 Å². The Kier molecular flexibility index (Phi) is 6.47. The number of aromatic nitrogens is 1. The highest BCUT2D eigenvalue weighted by Gasteiger charge is 2.17. The van der Waals surface area contributed by atoms with Crippen molar-refractivity contribution in [2.75, 3.05) is 4.90 Å². The van der Waals surface area contributed by atoms with Crippen molar-refractivity contribution in [2.24, 2.45) is 0 Å². The zero-order chi connectivity index (χ0) is 29.3. The Bertz CT molecular complexity index is 2200. The molecule has 3 nitrogen and oxygen atoms in total. The minimum Gasteiger partial charge on any atom is -0.454 e. The molecule has 8 aromatic rings. The average molecular weight is 565 g/mol. The van der Waals surface area contributed by atoms with Gasteiger partial charge in [-0.3, -0.25) is 0 Å². The lowest BCUT2D eigenvalue weighted by atomic mass is 9.99. The van der Waals surface area contributed by atoms with Crippen LogP contribution in [0.2, 0.25) is 0 Å². The molecule has 0 fully saturated rings. The van der Waals surface area contributed by atoms with Crippen LogP contribution < -0.4 is 4.90 Å². The van der Waals surface area contributed by atoms with Gasteiger partial charge in [0.2, 0.25) is 0 Å². The van der Waals surface area contributed by atoms with E-state index in [0.29, 0.717) is 0 Å². The number of pyridine rings is 1. The minimum absolute atomic E-state index is 0.766. The summed E-state index contributed by atoms with van der Waals surface area (Å²) in [4.78, 5) is 7.14. The molecule has 0 saturated carbocycles. The van der Waals surface area contributed by atoms with Gasteiger partial charge in [0.1, 0.15) is 11.1 Å². The highest BCUT2D eigenvalue weighted by Crippen LogP contribution is 2.39. The van der Waals surface area contributed by atoms with Gasteiger partial charge in [0.15, 0.2) is 5.58 Å². The quantitative estimate of drug-likeness (QED) is 0.201. The second kappa shape index (κ2) is 11.0. The fourth-order valence-electron chi connectivity index (χ4n) is 5.90. The van der Waals surface area contributed by atoms with E-state index in [1.54, 1.807) is 0 Å². The van der Waals surface area contributed by atoms with Crippen molar-refractivity contribution in [1.82, 2.24) is 4.98 Å². The molecule has 44 heavy (non-hydrogen) atoms. The molecule has 0 aliphatic rings. The van der Waals surface area contributed by atoms with Gasteiger partial charge in [0.25, 0.3) is 0 Å². The second-order valence-electron chi connectivity index (χ2n) is 10.9. The van der Waals surface area contributed by atoms with Gasteiger partial charge in [-0.15, -0.1) is 0 Å². The van der Waals surface area contributed by atoms with Gasteiger partial charge < -0.3 is 9.32 Å². The number of rotatable bonds is 6. The SMILES string of the molecule is c1ccc(-c2ccc(-c3cccc(N(c4ccc(-c5ccccc5)cc4)c4cnc5c(c4)oc4ccccc45)c3)cc2)cc1. The highest BCUT2D eigenvalue weighted by molar-refractivity contribution is 6.03. The van der Waals surface area contributed by atoms with Gasteiger partial charge in [-0.2, -0.15) is 0 Å². The largest absolute Gasteiger partial charge is 0.454 e. The molecule has 2 aromatic heterocycles. The summed E-state index contributed by atoms with van der Waals surface area (Å²) >= 11 is 0. The summed E-state index contributed by atoms with van der Waals surface area (Å²) in [5, 5.41) is 1.02. The fraction of sp³-hybridized carbons (Fsp3) is 0. The molecular weight excluding hydrogens is 536 g/mol. The molecule has 208 valence electrons. The number of hydrogen-bond donors (Lipinski definition) is 0. The van der Waals surface area contributed by atoms with Gasteiger partial charge in [0.05, 0.1) is 11.9 Å². The van der Waals surface area contributed by atoms with E-state index in [0.717, 1.165) is 50.3 Å². The molecule has 0 N–H and O–H groups in total. The van der Waals surface area contributed by atoms with E-state index >= 15 is 0 Å². The topological polar surface area (TPSA) is 29.3 Å². The van der Waals surface area contributed by atoms with Crippen LogP contribution in [0.25, 0.3) is 55.4 Å². The van der Waals surface area contributed by atoms with Crippen LogP contribution in [0.3, 0.4) is 0 Å². The number of hydrogen-bond acceptors (Lipinski definition) is 3. The maximum absolute atomic E-state index is 6.24. The van der Waals surface area contributed by atoms with E-state index in [1.807, 2.05) is 36.5 Å². The average Bonchev–Trinajstić information content (AvgIpc) is 3.48. The van der Waals surface area contributed by atoms with Crippen molar-refractivity contribution in [3.63, 3.8) is 0 Å². The molecule has 2 heterocycles. The molecule has 3 heteroatoms. The Labute approximate surface area is 256 Å². The molecule has 0 saturated heterocycles. The van der Waals surface area contributed by atoms with Crippen molar-refractivity contribution in [2.45, 2.75) is 0 Å². The second-order valence-corrected chi connectivity index (χ2v) is 10.9. The highest BCUT2D eigenvalue weighted by atomic mass is 16.3. The molecule has 8 rings (SSSR count). The van der Waals surface area contributed by atoms with Crippen LogP contribution in [-0.2, 0) is 0 Å². The van der Waals surface area contributed by atoms with Crippen molar-refractivity contribution >= 4 is 39.1 Å². The molecule has 0 aliphatic carbocycles. The molecular formula is C41H28N2O. The predicted octanol–water partition coefficient (Wildman–Crippen LogP) is 11.5. The summed E-state index contributed by atoms with van der Waals surface area (Å²) in [5.41, 5.74) is 12.6. The van der Waals surface area contributed by atoms with E-state index in [1.165, 1.54) is 22.3 Å². The first-order valence-electron chi connectivity index (χ1n) is 14.8. The Morgan fingerprint density at radius 1 is 0.386 bits per heavy atom. The Morgan fingerprint density at radius 2 is 0.932 bits per heavy atom. The number of benzene rings is 6. The minimum atomic E-state index is 0.766. The lowest BCUT2D eigenvalue weighted by Gasteiger charge is -2.26. The normalized spacial score (nSPS) is 11.2. The molecule has 6 aromatic carbocycles. The van der Waals surface area contributed by atoms with Crippen molar-refractivity contribution in [3.05, 3.63) is 170 Å². The zero-order valence-corrected chi connectivity index (χ0v) is 24.0. The molecule has 0 spiro atoms. The number of anilines is 3. The number of fused-ring (bicyclic) bond motifs is 3. The maximum atomic E-state index is 6.24. The van der Waals surface area contributed by atoms with E-state index in [4.69, 9.17) is 9.40 Å². The maximum Gasteiger partial charge on any atom is 0.155 e. The van der Waals surface area contributed by atoms with Crippen LogP contribution in [0.5, 0.6) is 0 Å². The smallest absolute Gasteiger partial charge is 0.155 e. The summed E-state index contributed by atoms with van der Waals surface area (Å²) in [6.45, 7) is 0. The number of para-hydroxylation sites is 1. The first kappa shape index (κ1) is 25.8. The molecule has 0 bridgehead atoms. The fourth-order valence-corrected chi connectivity index (χ4v) is 5.90. The third kappa shape index (κ3) is 4.81. The summed E-state index contributed by atoms with van der Waals surface area (Å²) in [5.74, 6) is 0. The van der Waals surface area contributed by atoms with Crippen LogP contribution in [-0.4, -0.2) is 4.98 Å². The van der Waals surface area contributed by atoms with Crippen LogP contribution in [0.15, 0.2) is 174 Å². The van der Waals surface area contributed by atoms with Gasteiger partial charge in [-0.05, 0) is 69.8 Å². The van der Waals surface area contributed by atoms with Crippen molar-refractivity contribution < 1.29 is 4.42 Å². The summed E-state index contributed by atoms with van der Waals surface area (Å²) in [6.07, 6.45) is 1.94. The standard InChI is InChI=1S/C41H28N2O/c1-3-10-29(11-4-1)31-18-20-33(21-19-31)34-14-9-15-36(26-34)43(35-24-22-32(23-25-35)30-12-5-2-6-13-30)37-27-40-41(42-28-37)38-16-7-8-17-39(38)44-40/h1-28H. The van der Waals surface area contributed by atoms with Crippen LogP contribution in [0.4, 0.5) is 17.1 Å². The van der Waals surface area contributed by atoms with Gasteiger partial charge >= 0.3 is 0 Å². The molecule has 0 unspecified atom stereocenters. The lowest BCUT2D eigenvalue weighted by Crippen LogP contribution is -2.10. The van der Waals surface area contributed by atoms with Gasteiger partial charge in [-0.1, -0.05) is 121 Å².